The standard InChI is InChI=1S/C20H27N3O2/c1-15(2)19(14-24)22(13-16-8-4-3-5-9-16)20(25)17-12-21-23-11-7-6-10-18(17)23/h3-5,8-9,12,15,19,24H,6-7,10-11,13-14H2,1-2H3/t19-/m0/s1. The van der Waals surface area contributed by atoms with Crippen LogP contribution in [-0.2, 0) is 19.5 Å². The minimum absolute atomic E-state index is 0.0280. The lowest BCUT2D eigenvalue weighted by Crippen LogP contribution is -2.45. The van der Waals surface area contributed by atoms with Crippen LogP contribution < -0.4 is 0 Å². The minimum atomic E-state index is -0.216. The van der Waals surface area contributed by atoms with Crippen LogP contribution in [0.2, 0.25) is 0 Å². The molecule has 0 aliphatic carbocycles. The van der Waals surface area contributed by atoms with Gasteiger partial charge in [-0.1, -0.05) is 44.2 Å². The largest absolute Gasteiger partial charge is 0.394 e. The average Bonchev–Trinajstić information content (AvgIpc) is 3.05. The highest BCUT2D eigenvalue weighted by atomic mass is 16.3. The van der Waals surface area contributed by atoms with Crippen molar-refractivity contribution in [1.82, 2.24) is 14.7 Å². The molecule has 0 unspecified atom stereocenters. The summed E-state index contributed by atoms with van der Waals surface area (Å²) in [6, 6.07) is 9.74. The van der Waals surface area contributed by atoms with Crippen LogP contribution in [0.25, 0.3) is 0 Å². The van der Waals surface area contributed by atoms with E-state index in [1.54, 1.807) is 6.20 Å². The van der Waals surface area contributed by atoms with Crippen molar-refractivity contribution in [3.8, 4) is 0 Å². The third kappa shape index (κ3) is 3.76. The third-order valence-corrected chi connectivity index (χ3v) is 5.03. The van der Waals surface area contributed by atoms with E-state index < -0.39 is 0 Å². The molecule has 1 aliphatic heterocycles. The molecule has 3 rings (SSSR count). The molecule has 0 radical (unpaired) electrons. The van der Waals surface area contributed by atoms with E-state index in [0.29, 0.717) is 12.1 Å². The number of amides is 1. The summed E-state index contributed by atoms with van der Waals surface area (Å²) in [6.07, 6.45) is 4.81. The number of carbonyl (C=O) groups excluding carboxylic acids is 1. The Morgan fingerprint density at radius 3 is 2.72 bits per heavy atom. The van der Waals surface area contributed by atoms with Gasteiger partial charge in [0.25, 0.3) is 5.91 Å². The van der Waals surface area contributed by atoms with E-state index in [-0.39, 0.29) is 24.5 Å². The number of hydrogen-bond donors (Lipinski definition) is 1. The quantitative estimate of drug-likeness (QED) is 0.879. The first-order valence-corrected chi connectivity index (χ1v) is 9.12. The number of aromatic nitrogens is 2. The summed E-state index contributed by atoms with van der Waals surface area (Å²) in [5, 5.41) is 14.3. The summed E-state index contributed by atoms with van der Waals surface area (Å²) in [7, 11) is 0. The van der Waals surface area contributed by atoms with Crippen LogP contribution >= 0.6 is 0 Å². The van der Waals surface area contributed by atoms with E-state index in [9.17, 15) is 9.90 Å². The Morgan fingerprint density at radius 1 is 1.28 bits per heavy atom. The molecule has 0 spiro atoms. The monoisotopic (exact) mass is 341 g/mol. The molecule has 0 bridgehead atoms. The fourth-order valence-electron chi connectivity index (χ4n) is 3.54. The summed E-state index contributed by atoms with van der Waals surface area (Å²) < 4.78 is 1.96. The maximum absolute atomic E-state index is 13.3. The molecule has 5 heteroatoms. The van der Waals surface area contributed by atoms with Crippen molar-refractivity contribution in [1.29, 1.82) is 0 Å². The predicted molar refractivity (Wildman–Crippen MR) is 97.2 cm³/mol. The fraction of sp³-hybridized carbons (Fsp3) is 0.500. The highest BCUT2D eigenvalue weighted by molar-refractivity contribution is 5.95. The van der Waals surface area contributed by atoms with Crippen LogP contribution in [0.3, 0.4) is 0 Å². The Kier molecular flexibility index (Phi) is 5.53. The summed E-state index contributed by atoms with van der Waals surface area (Å²) in [5.74, 6) is 0.142. The summed E-state index contributed by atoms with van der Waals surface area (Å²) >= 11 is 0. The van der Waals surface area contributed by atoms with E-state index in [1.165, 1.54) is 0 Å². The number of benzene rings is 1. The van der Waals surface area contributed by atoms with Crippen LogP contribution in [0.15, 0.2) is 36.5 Å². The van der Waals surface area contributed by atoms with Crippen LogP contribution in [0, 0.1) is 5.92 Å². The zero-order valence-corrected chi connectivity index (χ0v) is 15.1. The zero-order valence-electron chi connectivity index (χ0n) is 15.1. The fourth-order valence-corrected chi connectivity index (χ4v) is 3.54. The van der Waals surface area contributed by atoms with Crippen molar-refractivity contribution in [2.75, 3.05) is 6.61 Å². The van der Waals surface area contributed by atoms with Crippen molar-refractivity contribution in [2.45, 2.75) is 52.2 Å². The van der Waals surface area contributed by atoms with Crippen molar-refractivity contribution < 1.29 is 9.90 Å². The molecule has 1 atom stereocenters. The number of aliphatic hydroxyl groups is 1. The van der Waals surface area contributed by atoms with Crippen molar-refractivity contribution in [3.05, 3.63) is 53.3 Å². The van der Waals surface area contributed by atoms with Gasteiger partial charge in [0.1, 0.15) is 0 Å². The van der Waals surface area contributed by atoms with Gasteiger partial charge >= 0.3 is 0 Å². The SMILES string of the molecule is CC(C)[C@H](CO)N(Cc1ccccc1)C(=O)c1cnn2c1CCCC2. The van der Waals surface area contributed by atoms with Gasteiger partial charge < -0.3 is 10.0 Å². The van der Waals surface area contributed by atoms with Gasteiger partial charge in [0, 0.05) is 13.1 Å². The molecule has 2 heterocycles. The highest BCUT2D eigenvalue weighted by Crippen LogP contribution is 2.23. The molecule has 1 aliphatic rings. The number of fused-ring (bicyclic) bond motifs is 1. The molecule has 2 aromatic rings. The molecule has 134 valence electrons. The van der Waals surface area contributed by atoms with Gasteiger partial charge in [0.05, 0.1) is 30.1 Å². The third-order valence-electron chi connectivity index (χ3n) is 5.03. The lowest BCUT2D eigenvalue weighted by molar-refractivity contribution is 0.0480. The normalized spacial score (nSPS) is 15.0. The number of rotatable bonds is 6. The number of carbonyl (C=O) groups is 1. The minimum Gasteiger partial charge on any atom is -0.394 e. The van der Waals surface area contributed by atoms with E-state index in [2.05, 4.69) is 5.10 Å². The molecule has 0 saturated heterocycles. The molecule has 1 N–H and O–H groups in total. The van der Waals surface area contributed by atoms with Crippen molar-refractivity contribution >= 4 is 5.91 Å². The number of hydrogen-bond acceptors (Lipinski definition) is 3. The Morgan fingerprint density at radius 2 is 2.04 bits per heavy atom. The summed E-state index contributed by atoms with van der Waals surface area (Å²) in [5.41, 5.74) is 2.79. The molecule has 25 heavy (non-hydrogen) atoms. The van der Waals surface area contributed by atoms with Gasteiger partial charge in [0.15, 0.2) is 0 Å². The summed E-state index contributed by atoms with van der Waals surface area (Å²) in [4.78, 5) is 15.2. The number of aliphatic hydroxyl groups excluding tert-OH is 1. The molecule has 1 amide bonds. The van der Waals surface area contributed by atoms with Gasteiger partial charge in [-0.2, -0.15) is 5.10 Å². The Hall–Kier alpha value is -2.14. The average molecular weight is 341 g/mol. The zero-order chi connectivity index (χ0) is 17.8. The molecular formula is C20H27N3O2. The van der Waals surface area contributed by atoms with E-state index in [4.69, 9.17) is 0 Å². The Bertz CT molecular complexity index is 709. The van der Waals surface area contributed by atoms with E-state index in [0.717, 1.165) is 37.1 Å². The second-order valence-corrected chi connectivity index (χ2v) is 7.10. The first-order valence-electron chi connectivity index (χ1n) is 9.12. The van der Waals surface area contributed by atoms with Gasteiger partial charge in [0.2, 0.25) is 0 Å². The number of nitrogens with zero attached hydrogens (tertiary/aromatic N) is 3. The van der Waals surface area contributed by atoms with Crippen LogP contribution in [0.5, 0.6) is 0 Å². The van der Waals surface area contributed by atoms with Crippen molar-refractivity contribution in [3.63, 3.8) is 0 Å². The first-order chi connectivity index (χ1) is 12.1. The second-order valence-electron chi connectivity index (χ2n) is 7.10. The molecule has 1 aromatic carbocycles. The topological polar surface area (TPSA) is 58.4 Å². The smallest absolute Gasteiger partial charge is 0.257 e. The van der Waals surface area contributed by atoms with E-state index >= 15 is 0 Å². The molecule has 5 nitrogen and oxygen atoms in total. The first kappa shape index (κ1) is 17.7. The van der Waals surface area contributed by atoms with Gasteiger partial charge in [-0.05, 0) is 30.7 Å². The lowest BCUT2D eigenvalue weighted by atomic mass is 10.00. The van der Waals surface area contributed by atoms with E-state index in [1.807, 2.05) is 53.8 Å². The maximum Gasteiger partial charge on any atom is 0.257 e. The lowest BCUT2D eigenvalue weighted by Gasteiger charge is -2.33. The number of aryl methyl sites for hydroxylation is 1. The van der Waals surface area contributed by atoms with Crippen LogP contribution in [0.1, 0.15) is 48.3 Å². The molecule has 1 aromatic heterocycles. The van der Waals surface area contributed by atoms with Crippen LogP contribution in [-0.4, -0.2) is 38.3 Å². The van der Waals surface area contributed by atoms with Crippen molar-refractivity contribution in [2.24, 2.45) is 5.92 Å². The van der Waals surface area contributed by atoms with Gasteiger partial charge in [-0.15, -0.1) is 0 Å². The predicted octanol–water partition coefficient (Wildman–Crippen LogP) is 2.88. The molecule has 0 fully saturated rings. The van der Waals surface area contributed by atoms with Gasteiger partial charge in [-0.3, -0.25) is 9.48 Å². The molecule has 0 saturated carbocycles. The van der Waals surface area contributed by atoms with Crippen LogP contribution in [0.4, 0.5) is 0 Å². The Balaban J connectivity index is 1.92. The van der Waals surface area contributed by atoms with Gasteiger partial charge in [-0.25, -0.2) is 0 Å². The molecular weight excluding hydrogens is 314 g/mol. The second kappa shape index (κ2) is 7.83. The Labute approximate surface area is 149 Å². The maximum atomic E-state index is 13.3. The highest BCUT2D eigenvalue weighted by Gasteiger charge is 2.30. The summed E-state index contributed by atoms with van der Waals surface area (Å²) in [6.45, 7) is 5.42.